The van der Waals surface area contributed by atoms with Crippen LogP contribution >= 0.6 is 0 Å². The van der Waals surface area contributed by atoms with Gasteiger partial charge in [0.15, 0.2) is 0 Å². The van der Waals surface area contributed by atoms with Crippen LogP contribution in [0, 0.1) is 0 Å². The Morgan fingerprint density at radius 2 is 2.00 bits per heavy atom. The van der Waals surface area contributed by atoms with Crippen molar-refractivity contribution < 1.29 is 4.79 Å². The van der Waals surface area contributed by atoms with Gasteiger partial charge in [-0.3, -0.25) is 10.6 Å². The Hall–Kier alpha value is -2.40. The number of nitrogen functional groups attached to an aromatic ring is 1. The van der Waals surface area contributed by atoms with E-state index in [1.54, 1.807) is 12.1 Å². The van der Waals surface area contributed by atoms with Crippen molar-refractivity contribution in [3.8, 4) is 0 Å². The van der Waals surface area contributed by atoms with Crippen LogP contribution in [0.4, 0.5) is 5.69 Å². The van der Waals surface area contributed by atoms with E-state index in [0.29, 0.717) is 17.9 Å². The monoisotopic (exact) mass is 270 g/mol. The summed E-state index contributed by atoms with van der Waals surface area (Å²) in [5.41, 5.74) is 4.71. The molecule has 1 amide bonds. The maximum atomic E-state index is 12.0. The summed E-state index contributed by atoms with van der Waals surface area (Å²) in [7, 11) is 0. The number of nitrogens with two attached hydrogens (primary N) is 1. The number of hydrogen-bond acceptors (Lipinski definition) is 4. The number of hydrazine groups is 1. The molecule has 0 bridgehead atoms. The summed E-state index contributed by atoms with van der Waals surface area (Å²) in [5.74, 6) is 5.32. The maximum Gasteiger partial charge on any atom is 0.269 e. The Kier molecular flexibility index (Phi) is 4.68. The van der Waals surface area contributed by atoms with Crippen molar-refractivity contribution in [3.63, 3.8) is 0 Å². The number of nitrogens with zero attached hydrogens (tertiary/aromatic N) is 1. The highest BCUT2D eigenvalue weighted by atomic mass is 16.1. The van der Waals surface area contributed by atoms with Crippen molar-refractivity contribution in [1.29, 1.82) is 0 Å². The van der Waals surface area contributed by atoms with Crippen LogP contribution in [-0.2, 0) is 0 Å². The third-order valence-electron chi connectivity index (χ3n) is 3.10. The van der Waals surface area contributed by atoms with Gasteiger partial charge in [-0.05, 0) is 23.6 Å². The second-order valence-corrected chi connectivity index (χ2v) is 4.60. The lowest BCUT2D eigenvalue weighted by molar-refractivity contribution is 0.0946. The van der Waals surface area contributed by atoms with Crippen molar-refractivity contribution in [2.75, 3.05) is 12.0 Å². The van der Waals surface area contributed by atoms with Crippen LogP contribution in [0.5, 0.6) is 0 Å². The molecule has 0 spiro atoms. The predicted molar refractivity (Wildman–Crippen MR) is 79.2 cm³/mol. The van der Waals surface area contributed by atoms with Gasteiger partial charge in [0.05, 0.1) is 11.9 Å². The molecule has 1 aromatic heterocycles. The number of amides is 1. The average Bonchev–Trinajstić information content (AvgIpc) is 2.53. The zero-order chi connectivity index (χ0) is 14.4. The van der Waals surface area contributed by atoms with Gasteiger partial charge >= 0.3 is 0 Å². The number of hydrogen-bond donors (Lipinski definition) is 3. The third kappa shape index (κ3) is 3.55. The largest absolute Gasteiger partial charge is 0.350 e. The van der Waals surface area contributed by atoms with Crippen LogP contribution in [0.15, 0.2) is 48.7 Å². The molecule has 1 aromatic carbocycles. The van der Waals surface area contributed by atoms with Crippen LogP contribution in [-0.4, -0.2) is 17.4 Å². The molecule has 0 aliphatic heterocycles. The molecule has 0 aliphatic rings. The van der Waals surface area contributed by atoms with Crippen LogP contribution in [0.2, 0.25) is 0 Å². The van der Waals surface area contributed by atoms with Gasteiger partial charge in [0, 0.05) is 6.54 Å². The summed E-state index contributed by atoms with van der Waals surface area (Å²) in [4.78, 5) is 16.0. The predicted octanol–water partition coefficient (Wildman–Crippen LogP) is 1.90. The number of nitrogens with one attached hydrogen (secondary N) is 2. The molecular weight excluding hydrogens is 252 g/mol. The molecule has 0 saturated carbocycles. The lowest BCUT2D eigenvalue weighted by Gasteiger charge is -2.12. The first kappa shape index (κ1) is 14.0. The van der Waals surface area contributed by atoms with Gasteiger partial charge in [-0.15, -0.1) is 0 Å². The van der Waals surface area contributed by atoms with Gasteiger partial charge in [0.2, 0.25) is 0 Å². The topological polar surface area (TPSA) is 80.0 Å². The summed E-state index contributed by atoms with van der Waals surface area (Å²) in [6, 6.07) is 13.4. The summed E-state index contributed by atoms with van der Waals surface area (Å²) < 4.78 is 0. The minimum atomic E-state index is -0.184. The Morgan fingerprint density at radius 3 is 2.60 bits per heavy atom. The molecule has 20 heavy (non-hydrogen) atoms. The number of benzene rings is 1. The number of rotatable bonds is 5. The zero-order valence-corrected chi connectivity index (χ0v) is 11.3. The highest BCUT2D eigenvalue weighted by Gasteiger charge is 2.10. The standard InChI is InChI=1S/C15H18N4O/c1-11(12-5-3-2-4-6-12)9-18-15(20)14-8-7-13(19-16)10-17-14/h2-8,10-11,19H,9,16H2,1H3,(H,18,20). The number of anilines is 1. The minimum Gasteiger partial charge on any atom is -0.350 e. The molecule has 2 rings (SSSR count). The lowest BCUT2D eigenvalue weighted by atomic mass is 10.0. The zero-order valence-electron chi connectivity index (χ0n) is 11.3. The molecule has 0 saturated heterocycles. The van der Waals surface area contributed by atoms with Crippen molar-refractivity contribution in [2.24, 2.45) is 5.84 Å². The molecule has 5 heteroatoms. The Bertz CT molecular complexity index is 554. The van der Waals surface area contributed by atoms with E-state index >= 15 is 0 Å². The Balaban J connectivity index is 1.91. The van der Waals surface area contributed by atoms with Crippen LogP contribution < -0.4 is 16.6 Å². The van der Waals surface area contributed by atoms with Crippen molar-refractivity contribution in [1.82, 2.24) is 10.3 Å². The molecule has 5 nitrogen and oxygen atoms in total. The highest BCUT2D eigenvalue weighted by Crippen LogP contribution is 2.13. The van der Waals surface area contributed by atoms with Crippen LogP contribution in [0.1, 0.15) is 28.9 Å². The molecule has 104 valence electrons. The smallest absolute Gasteiger partial charge is 0.269 e. The van der Waals surface area contributed by atoms with E-state index in [-0.39, 0.29) is 11.8 Å². The van der Waals surface area contributed by atoms with Gasteiger partial charge < -0.3 is 10.7 Å². The van der Waals surface area contributed by atoms with Crippen LogP contribution in [0.3, 0.4) is 0 Å². The fourth-order valence-electron chi connectivity index (χ4n) is 1.85. The lowest BCUT2D eigenvalue weighted by Crippen LogP contribution is -2.28. The maximum absolute atomic E-state index is 12.0. The third-order valence-corrected chi connectivity index (χ3v) is 3.10. The molecule has 1 heterocycles. The Labute approximate surface area is 118 Å². The van der Waals surface area contributed by atoms with E-state index in [1.165, 1.54) is 11.8 Å². The summed E-state index contributed by atoms with van der Waals surface area (Å²) in [6.45, 7) is 2.64. The number of pyridine rings is 1. The first-order chi connectivity index (χ1) is 9.70. The quantitative estimate of drug-likeness (QED) is 0.572. The van der Waals surface area contributed by atoms with E-state index in [1.807, 2.05) is 18.2 Å². The van der Waals surface area contributed by atoms with Gasteiger partial charge in [0.1, 0.15) is 5.69 Å². The SMILES string of the molecule is CC(CNC(=O)c1ccc(NN)cn1)c1ccccc1. The highest BCUT2D eigenvalue weighted by molar-refractivity contribution is 5.92. The summed E-state index contributed by atoms with van der Waals surface area (Å²) in [6.07, 6.45) is 1.52. The second kappa shape index (κ2) is 6.68. The summed E-state index contributed by atoms with van der Waals surface area (Å²) >= 11 is 0. The van der Waals surface area contributed by atoms with Gasteiger partial charge in [0.25, 0.3) is 5.91 Å². The minimum absolute atomic E-state index is 0.184. The van der Waals surface area contributed by atoms with Crippen LogP contribution in [0.25, 0.3) is 0 Å². The molecular formula is C15H18N4O. The molecule has 1 unspecified atom stereocenters. The Morgan fingerprint density at radius 1 is 1.25 bits per heavy atom. The van der Waals surface area contributed by atoms with Gasteiger partial charge in [-0.2, -0.15) is 0 Å². The van der Waals surface area contributed by atoms with Crippen molar-refractivity contribution in [2.45, 2.75) is 12.8 Å². The van der Waals surface area contributed by atoms with Gasteiger partial charge in [-0.1, -0.05) is 37.3 Å². The molecule has 2 aromatic rings. The van der Waals surface area contributed by atoms with E-state index in [9.17, 15) is 4.79 Å². The number of carbonyl (C=O) groups excluding carboxylic acids is 1. The fourth-order valence-corrected chi connectivity index (χ4v) is 1.85. The normalized spacial score (nSPS) is 11.7. The molecule has 0 fully saturated rings. The van der Waals surface area contributed by atoms with E-state index in [0.717, 1.165) is 0 Å². The number of aromatic nitrogens is 1. The number of carbonyl (C=O) groups is 1. The fraction of sp³-hybridized carbons (Fsp3) is 0.200. The molecule has 1 atom stereocenters. The first-order valence-electron chi connectivity index (χ1n) is 6.46. The molecule has 0 aliphatic carbocycles. The van der Waals surface area contributed by atoms with E-state index < -0.39 is 0 Å². The summed E-state index contributed by atoms with van der Waals surface area (Å²) in [5, 5.41) is 2.88. The average molecular weight is 270 g/mol. The second-order valence-electron chi connectivity index (χ2n) is 4.60. The first-order valence-corrected chi connectivity index (χ1v) is 6.46. The van der Waals surface area contributed by atoms with Gasteiger partial charge in [-0.25, -0.2) is 4.98 Å². The van der Waals surface area contributed by atoms with Crippen molar-refractivity contribution in [3.05, 3.63) is 59.9 Å². The molecule has 0 radical (unpaired) electrons. The molecule has 4 N–H and O–H groups in total. The van der Waals surface area contributed by atoms with E-state index in [2.05, 4.69) is 34.8 Å². The van der Waals surface area contributed by atoms with Crippen molar-refractivity contribution >= 4 is 11.6 Å². The van der Waals surface area contributed by atoms with E-state index in [4.69, 9.17) is 5.84 Å².